The van der Waals surface area contributed by atoms with E-state index in [1.165, 1.54) is 12.5 Å². The summed E-state index contributed by atoms with van der Waals surface area (Å²) in [6.07, 6.45) is -0.194. The van der Waals surface area contributed by atoms with Crippen molar-refractivity contribution < 1.29 is 23.9 Å². The molecule has 0 aromatic heterocycles. The number of amides is 3. The average Bonchev–Trinajstić information content (AvgIpc) is 2.75. The summed E-state index contributed by atoms with van der Waals surface area (Å²) in [5.74, 6) is -2.05. The molecule has 0 unspecified atom stereocenters. The van der Waals surface area contributed by atoms with Crippen LogP contribution < -0.4 is 0 Å². The van der Waals surface area contributed by atoms with Crippen LogP contribution in [0.4, 0.5) is 0 Å². The minimum Gasteiger partial charge on any atom is -0.451 e. The zero-order chi connectivity index (χ0) is 21.3. The molecule has 3 amide bonds. The molecular weight excluding hydrogens is 384 g/mol. The fourth-order valence-corrected chi connectivity index (χ4v) is 3.91. The number of carbonyl (C=O) groups is 4. The van der Waals surface area contributed by atoms with Gasteiger partial charge in [0.2, 0.25) is 5.91 Å². The van der Waals surface area contributed by atoms with Gasteiger partial charge < -0.3 is 9.64 Å². The van der Waals surface area contributed by atoms with Crippen LogP contribution in [0.2, 0.25) is 0 Å². The van der Waals surface area contributed by atoms with E-state index in [1.807, 2.05) is 24.3 Å². The number of carbonyl (C=O) groups excluding carboxylic acids is 4. The van der Waals surface area contributed by atoms with E-state index in [0.717, 1.165) is 16.9 Å². The molecule has 2 aromatic rings. The predicted octanol–water partition coefficient (Wildman–Crippen LogP) is 1.73. The number of nitrogens with zero attached hydrogens (tertiary/aromatic N) is 2. The third-order valence-electron chi connectivity index (χ3n) is 5.52. The van der Waals surface area contributed by atoms with Crippen molar-refractivity contribution in [1.82, 2.24) is 9.80 Å². The Balaban J connectivity index is 1.37. The van der Waals surface area contributed by atoms with Crippen molar-refractivity contribution in [3.8, 4) is 0 Å². The summed E-state index contributed by atoms with van der Waals surface area (Å²) in [7, 11) is 0. The van der Waals surface area contributed by atoms with Gasteiger partial charge in [0.1, 0.15) is 6.54 Å². The molecule has 0 fully saturated rings. The van der Waals surface area contributed by atoms with Gasteiger partial charge >= 0.3 is 5.97 Å². The van der Waals surface area contributed by atoms with Gasteiger partial charge in [0.25, 0.3) is 11.8 Å². The molecule has 2 aliphatic heterocycles. The monoisotopic (exact) mass is 406 g/mol. The van der Waals surface area contributed by atoms with Crippen molar-refractivity contribution in [1.29, 1.82) is 0 Å². The molecule has 154 valence electrons. The second kappa shape index (κ2) is 8.10. The van der Waals surface area contributed by atoms with Crippen LogP contribution >= 0.6 is 0 Å². The third-order valence-corrected chi connectivity index (χ3v) is 5.52. The minimum atomic E-state index is -0.995. The van der Waals surface area contributed by atoms with Gasteiger partial charge in [-0.2, -0.15) is 0 Å². The van der Waals surface area contributed by atoms with Gasteiger partial charge in [-0.25, -0.2) is 0 Å². The molecule has 2 aliphatic rings. The smallest absolute Gasteiger partial charge is 0.326 e. The summed E-state index contributed by atoms with van der Waals surface area (Å²) in [6, 6.07) is 14.8. The summed E-state index contributed by atoms with van der Waals surface area (Å²) >= 11 is 0. The molecular formula is C23H22N2O5. The Morgan fingerprint density at radius 1 is 1.00 bits per heavy atom. The normalized spacial score (nSPS) is 16.6. The Morgan fingerprint density at radius 2 is 1.67 bits per heavy atom. The fourth-order valence-electron chi connectivity index (χ4n) is 3.91. The molecule has 4 rings (SSSR count). The van der Waals surface area contributed by atoms with Gasteiger partial charge in [-0.1, -0.05) is 42.5 Å². The van der Waals surface area contributed by atoms with Crippen LogP contribution in [-0.2, 0) is 38.5 Å². The van der Waals surface area contributed by atoms with E-state index in [1.54, 1.807) is 29.2 Å². The van der Waals surface area contributed by atoms with E-state index in [0.29, 0.717) is 24.2 Å². The number of hydrogen-bond donors (Lipinski definition) is 0. The molecule has 0 radical (unpaired) electrons. The Kier molecular flexibility index (Phi) is 5.35. The van der Waals surface area contributed by atoms with Crippen molar-refractivity contribution >= 4 is 23.7 Å². The maximum Gasteiger partial charge on any atom is 0.326 e. The fraction of sp³-hybridized carbons (Fsp3) is 0.304. The first-order valence-corrected chi connectivity index (χ1v) is 9.91. The first-order chi connectivity index (χ1) is 14.4. The number of esters is 1. The highest BCUT2D eigenvalue weighted by Gasteiger charge is 2.34. The van der Waals surface area contributed by atoms with E-state index in [-0.39, 0.29) is 12.3 Å². The van der Waals surface area contributed by atoms with E-state index in [9.17, 15) is 19.2 Å². The standard InChI is InChI=1S/C23H22N2O5/c1-15(22(28)24-11-10-16-6-2-3-8-18(16)13-24)30-21(27)14-25-20(26)12-17-7-4-5-9-19(17)23(25)29/h2-9,15H,10-14H2,1H3/t15-/m0/s1. The lowest BCUT2D eigenvalue weighted by Crippen LogP contribution is -2.47. The number of fused-ring (bicyclic) bond motifs is 2. The topological polar surface area (TPSA) is 84.0 Å². The number of imide groups is 1. The van der Waals surface area contributed by atoms with Crippen LogP contribution in [0.25, 0.3) is 0 Å². The first-order valence-electron chi connectivity index (χ1n) is 9.91. The Bertz CT molecular complexity index is 1030. The first kappa shape index (κ1) is 19.8. The quantitative estimate of drug-likeness (QED) is 0.570. The van der Waals surface area contributed by atoms with Gasteiger partial charge in [-0.05, 0) is 36.1 Å². The van der Waals surface area contributed by atoms with Crippen molar-refractivity contribution in [2.24, 2.45) is 0 Å². The number of benzene rings is 2. The Morgan fingerprint density at radius 3 is 2.43 bits per heavy atom. The zero-order valence-electron chi connectivity index (χ0n) is 16.7. The van der Waals surface area contributed by atoms with Crippen molar-refractivity contribution in [2.75, 3.05) is 13.1 Å². The van der Waals surface area contributed by atoms with Gasteiger partial charge in [-0.15, -0.1) is 0 Å². The minimum absolute atomic E-state index is 0.0524. The van der Waals surface area contributed by atoms with Crippen LogP contribution in [0.1, 0.15) is 34.0 Å². The molecule has 1 atom stereocenters. The van der Waals surface area contributed by atoms with E-state index in [4.69, 9.17) is 4.74 Å². The number of rotatable bonds is 4. The molecule has 0 saturated heterocycles. The van der Waals surface area contributed by atoms with Crippen molar-refractivity contribution in [2.45, 2.75) is 32.4 Å². The SMILES string of the molecule is C[C@H](OC(=O)CN1C(=O)Cc2ccccc2C1=O)C(=O)N1CCc2ccccc2C1. The largest absolute Gasteiger partial charge is 0.451 e. The summed E-state index contributed by atoms with van der Waals surface area (Å²) < 4.78 is 5.26. The van der Waals surface area contributed by atoms with Gasteiger partial charge in [-0.3, -0.25) is 24.1 Å². The van der Waals surface area contributed by atoms with E-state index in [2.05, 4.69) is 0 Å². The summed E-state index contributed by atoms with van der Waals surface area (Å²) in [5.41, 5.74) is 3.35. The molecule has 0 bridgehead atoms. The van der Waals surface area contributed by atoms with Crippen LogP contribution in [0, 0.1) is 0 Å². The van der Waals surface area contributed by atoms with Gasteiger partial charge in [0, 0.05) is 18.7 Å². The predicted molar refractivity (Wildman–Crippen MR) is 107 cm³/mol. The second-order valence-corrected chi connectivity index (χ2v) is 7.53. The highest BCUT2D eigenvalue weighted by Crippen LogP contribution is 2.21. The molecule has 0 N–H and O–H groups in total. The lowest BCUT2D eigenvalue weighted by Gasteiger charge is -2.31. The lowest BCUT2D eigenvalue weighted by atomic mass is 9.98. The zero-order valence-corrected chi connectivity index (χ0v) is 16.7. The van der Waals surface area contributed by atoms with E-state index < -0.39 is 30.4 Å². The summed E-state index contributed by atoms with van der Waals surface area (Å²) in [6.45, 7) is 2.02. The van der Waals surface area contributed by atoms with E-state index >= 15 is 0 Å². The molecule has 0 saturated carbocycles. The van der Waals surface area contributed by atoms with Crippen LogP contribution in [0.15, 0.2) is 48.5 Å². The number of ether oxygens (including phenoxy) is 1. The molecule has 0 aliphatic carbocycles. The highest BCUT2D eigenvalue weighted by atomic mass is 16.5. The Hall–Kier alpha value is -3.48. The summed E-state index contributed by atoms with van der Waals surface area (Å²) in [4.78, 5) is 52.5. The average molecular weight is 406 g/mol. The van der Waals surface area contributed by atoms with Crippen LogP contribution in [0.3, 0.4) is 0 Å². The van der Waals surface area contributed by atoms with Crippen molar-refractivity contribution in [3.05, 3.63) is 70.8 Å². The molecule has 7 nitrogen and oxygen atoms in total. The molecule has 0 spiro atoms. The maximum atomic E-state index is 12.7. The molecule has 7 heteroatoms. The van der Waals surface area contributed by atoms with Gasteiger partial charge in [0.05, 0.1) is 6.42 Å². The molecule has 30 heavy (non-hydrogen) atoms. The lowest BCUT2D eigenvalue weighted by molar-refractivity contribution is -0.161. The molecule has 2 aromatic carbocycles. The van der Waals surface area contributed by atoms with Crippen LogP contribution in [-0.4, -0.2) is 52.7 Å². The third kappa shape index (κ3) is 3.83. The Labute approximate surface area is 174 Å². The maximum absolute atomic E-state index is 12.7. The number of hydrogen-bond acceptors (Lipinski definition) is 5. The van der Waals surface area contributed by atoms with Gasteiger partial charge in [0.15, 0.2) is 6.10 Å². The van der Waals surface area contributed by atoms with Crippen LogP contribution in [0.5, 0.6) is 0 Å². The highest BCUT2D eigenvalue weighted by molar-refractivity contribution is 6.11. The van der Waals surface area contributed by atoms with Crippen molar-refractivity contribution in [3.63, 3.8) is 0 Å². The summed E-state index contributed by atoms with van der Waals surface area (Å²) in [5, 5.41) is 0. The second-order valence-electron chi connectivity index (χ2n) is 7.53. The molecule has 2 heterocycles.